The van der Waals surface area contributed by atoms with E-state index >= 15 is 0 Å². The molecule has 2 unspecified atom stereocenters. The normalized spacial score (nSPS) is 13.3. The monoisotopic (exact) mass is 215 g/mol. The number of esters is 2. The molecule has 0 bridgehead atoms. The Balaban J connectivity index is 4.57. The molecule has 0 spiro atoms. The summed E-state index contributed by atoms with van der Waals surface area (Å²) in [5.41, 5.74) is 8.25. The minimum absolute atomic E-state index is 0.170. The maximum absolute atomic E-state index is 11.3. The van der Waals surface area contributed by atoms with E-state index < -0.39 is 24.1 Å². The van der Waals surface area contributed by atoms with Crippen molar-refractivity contribution in [2.45, 2.75) is 32.9 Å². The van der Waals surface area contributed by atoms with Crippen LogP contribution in [0.2, 0.25) is 0 Å². The van der Waals surface area contributed by atoms with Crippen molar-refractivity contribution in [1.82, 2.24) is 0 Å². The number of rotatable bonds is 5. The molecule has 0 saturated carbocycles. The SMILES string of the molecule is CCOC(=O)C(N=[N+]=[N-])C(C)OC(C)=O. The van der Waals surface area contributed by atoms with Crippen molar-refractivity contribution in [1.29, 1.82) is 0 Å². The second kappa shape index (κ2) is 6.67. The molecule has 0 amide bonds. The molecule has 0 fully saturated rings. The number of ether oxygens (including phenoxy) is 2. The van der Waals surface area contributed by atoms with Gasteiger partial charge in [-0.15, -0.1) is 0 Å². The lowest BCUT2D eigenvalue weighted by molar-refractivity contribution is -0.154. The zero-order valence-corrected chi connectivity index (χ0v) is 8.84. The first-order valence-corrected chi connectivity index (χ1v) is 4.41. The van der Waals surface area contributed by atoms with E-state index in [4.69, 9.17) is 10.3 Å². The second-order valence-electron chi connectivity index (χ2n) is 2.72. The summed E-state index contributed by atoms with van der Waals surface area (Å²) in [4.78, 5) is 24.4. The predicted octanol–water partition coefficient (Wildman–Crippen LogP) is 1.18. The minimum Gasteiger partial charge on any atom is -0.466 e. The number of nitrogens with zero attached hydrogens (tertiary/aromatic N) is 3. The Hall–Kier alpha value is -1.75. The van der Waals surface area contributed by atoms with Crippen molar-refractivity contribution in [3.63, 3.8) is 0 Å². The molecule has 0 heterocycles. The van der Waals surface area contributed by atoms with Crippen LogP contribution in [0.1, 0.15) is 20.8 Å². The summed E-state index contributed by atoms with van der Waals surface area (Å²) in [5.74, 6) is -1.26. The first-order chi connectivity index (χ1) is 7.02. The van der Waals surface area contributed by atoms with Crippen LogP contribution >= 0.6 is 0 Å². The smallest absolute Gasteiger partial charge is 0.318 e. The van der Waals surface area contributed by atoms with Gasteiger partial charge in [0, 0.05) is 11.8 Å². The Morgan fingerprint density at radius 1 is 1.53 bits per heavy atom. The Kier molecular flexibility index (Phi) is 5.89. The van der Waals surface area contributed by atoms with Crippen LogP contribution in [0.15, 0.2) is 5.11 Å². The van der Waals surface area contributed by atoms with Gasteiger partial charge in [-0.1, -0.05) is 5.11 Å². The minimum atomic E-state index is -1.14. The zero-order chi connectivity index (χ0) is 11.8. The summed E-state index contributed by atoms with van der Waals surface area (Å²) < 4.78 is 9.39. The summed E-state index contributed by atoms with van der Waals surface area (Å²) in [6.07, 6.45) is -0.836. The fourth-order valence-corrected chi connectivity index (χ4v) is 0.942. The lowest BCUT2D eigenvalue weighted by Gasteiger charge is -2.17. The van der Waals surface area contributed by atoms with Gasteiger partial charge in [-0.25, -0.2) is 0 Å². The number of hydrogen-bond donors (Lipinski definition) is 0. The molecule has 0 aliphatic carbocycles. The second-order valence-corrected chi connectivity index (χ2v) is 2.72. The van der Waals surface area contributed by atoms with E-state index in [1.54, 1.807) is 6.92 Å². The van der Waals surface area contributed by atoms with E-state index in [2.05, 4.69) is 14.8 Å². The summed E-state index contributed by atoms with van der Waals surface area (Å²) in [5, 5.41) is 3.22. The largest absolute Gasteiger partial charge is 0.466 e. The maximum Gasteiger partial charge on any atom is 0.318 e. The predicted molar refractivity (Wildman–Crippen MR) is 50.8 cm³/mol. The van der Waals surface area contributed by atoms with Gasteiger partial charge in [0.15, 0.2) is 6.04 Å². The Bertz CT molecular complexity index is 286. The van der Waals surface area contributed by atoms with Gasteiger partial charge in [0.25, 0.3) is 0 Å². The first kappa shape index (κ1) is 13.2. The molecule has 2 atom stereocenters. The molecule has 0 rings (SSSR count). The van der Waals surface area contributed by atoms with Crippen LogP contribution < -0.4 is 0 Å². The molecule has 7 heteroatoms. The number of azide groups is 1. The van der Waals surface area contributed by atoms with Crippen LogP contribution in [-0.4, -0.2) is 30.7 Å². The highest BCUT2D eigenvalue weighted by molar-refractivity contribution is 5.77. The van der Waals surface area contributed by atoms with Gasteiger partial charge in [-0.2, -0.15) is 0 Å². The highest BCUT2D eigenvalue weighted by Crippen LogP contribution is 2.07. The van der Waals surface area contributed by atoms with Crippen LogP contribution in [0.4, 0.5) is 0 Å². The molecule has 0 saturated heterocycles. The van der Waals surface area contributed by atoms with Gasteiger partial charge >= 0.3 is 11.9 Å². The molecule has 0 aliphatic rings. The third kappa shape index (κ3) is 4.87. The fraction of sp³-hybridized carbons (Fsp3) is 0.750. The van der Waals surface area contributed by atoms with Gasteiger partial charge in [-0.3, -0.25) is 9.59 Å². The van der Waals surface area contributed by atoms with E-state index in [1.165, 1.54) is 13.8 Å². The summed E-state index contributed by atoms with van der Waals surface area (Å²) in [6.45, 7) is 4.46. The van der Waals surface area contributed by atoms with Crippen LogP contribution in [0.25, 0.3) is 10.4 Å². The quantitative estimate of drug-likeness (QED) is 0.297. The number of carbonyl (C=O) groups is 2. The summed E-state index contributed by atoms with van der Waals surface area (Å²) in [7, 11) is 0. The molecule has 0 radical (unpaired) electrons. The van der Waals surface area contributed by atoms with Crippen molar-refractivity contribution < 1.29 is 19.1 Å². The van der Waals surface area contributed by atoms with Crippen molar-refractivity contribution in [3.05, 3.63) is 10.4 Å². The van der Waals surface area contributed by atoms with Crippen LogP contribution in [0.3, 0.4) is 0 Å². The average molecular weight is 215 g/mol. The molecule has 0 N–H and O–H groups in total. The highest BCUT2D eigenvalue weighted by Gasteiger charge is 2.27. The van der Waals surface area contributed by atoms with E-state index in [9.17, 15) is 9.59 Å². The van der Waals surface area contributed by atoms with E-state index in [0.717, 1.165) is 0 Å². The van der Waals surface area contributed by atoms with Gasteiger partial charge in [-0.05, 0) is 19.4 Å². The zero-order valence-electron chi connectivity index (χ0n) is 8.84. The lowest BCUT2D eigenvalue weighted by atomic mass is 10.2. The summed E-state index contributed by atoms with van der Waals surface area (Å²) in [6, 6.07) is -1.14. The lowest BCUT2D eigenvalue weighted by Crippen LogP contribution is -2.34. The van der Waals surface area contributed by atoms with Crippen LogP contribution in [-0.2, 0) is 19.1 Å². The molecule has 15 heavy (non-hydrogen) atoms. The standard InChI is InChI=1S/C8H13N3O4/c1-4-14-8(13)7(10-11-9)5(2)15-6(3)12/h5,7H,4H2,1-3H3. The number of hydrogen-bond acceptors (Lipinski definition) is 5. The molecular formula is C8H13N3O4. The van der Waals surface area contributed by atoms with Gasteiger partial charge in [0.2, 0.25) is 0 Å². The third-order valence-corrected chi connectivity index (χ3v) is 1.50. The summed E-state index contributed by atoms with van der Waals surface area (Å²) >= 11 is 0. The fourth-order valence-electron chi connectivity index (χ4n) is 0.942. The van der Waals surface area contributed by atoms with Crippen LogP contribution in [0.5, 0.6) is 0 Å². The topological polar surface area (TPSA) is 101 Å². The molecule has 84 valence electrons. The third-order valence-electron chi connectivity index (χ3n) is 1.50. The first-order valence-electron chi connectivity index (χ1n) is 4.41. The molecule has 7 nitrogen and oxygen atoms in total. The molecule has 0 aromatic heterocycles. The Labute approximate surface area is 87.0 Å². The van der Waals surface area contributed by atoms with E-state index in [1.807, 2.05) is 0 Å². The van der Waals surface area contributed by atoms with Crippen molar-refractivity contribution >= 4 is 11.9 Å². The molecule has 0 aliphatic heterocycles. The Morgan fingerprint density at radius 3 is 2.53 bits per heavy atom. The van der Waals surface area contributed by atoms with Crippen LogP contribution in [0, 0.1) is 0 Å². The van der Waals surface area contributed by atoms with Gasteiger partial charge in [0.05, 0.1) is 6.61 Å². The van der Waals surface area contributed by atoms with E-state index in [0.29, 0.717) is 0 Å². The Morgan fingerprint density at radius 2 is 2.13 bits per heavy atom. The number of carbonyl (C=O) groups excluding carboxylic acids is 2. The van der Waals surface area contributed by atoms with Crippen molar-refractivity contribution in [2.75, 3.05) is 6.61 Å². The average Bonchev–Trinajstić information content (AvgIpc) is 2.13. The van der Waals surface area contributed by atoms with E-state index in [-0.39, 0.29) is 6.61 Å². The maximum atomic E-state index is 11.3. The van der Waals surface area contributed by atoms with Gasteiger partial charge < -0.3 is 9.47 Å². The molecule has 0 aromatic rings. The van der Waals surface area contributed by atoms with Crippen molar-refractivity contribution in [3.8, 4) is 0 Å². The highest BCUT2D eigenvalue weighted by atomic mass is 16.6. The van der Waals surface area contributed by atoms with Crippen molar-refractivity contribution in [2.24, 2.45) is 5.11 Å². The molecule has 0 aromatic carbocycles. The van der Waals surface area contributed by atoms with Gasteiger partial charge in [0.1, 0.15) is 6.10 Å². The molecular weight excluding hydrogens is 202 g/mol.